The maximum absolute atomic E-state index is 5.99. The Morgan fingerprint density at radius 1 is 1.19 bits per heavy atom. The van der Waals surface area contributed by atoms with Crippen LogP contribution in [0.25, 0.3) is 5.57 Å². The number of ether oxygens (including phenoxy) is 1. The van der Waals surface area contributed by atoms with Gasteiger partial charge in [-0.15, -0.1) is 6.58 Å². The predicted octanol–water partition coefficient (Wildman–Crippen LogP) is 6.74. The molecule has 2 atom stereocenters. The smallest absolute Gasteiger partial charge is 0.216 e. The summed E-state index contributed by atoms with van der Waals surface area (Å²) in [6.07, 6.45) is 7.68. The summed E-state index contributed by atoms with van der Waals surface area (Å²) in [5.74, 6) is 1.69. The standard InChI is InChI=1S/C32H40N3O/c1-10-29-27-15-13-12-14-26(27)28(30(11-2)34-29)17-16-22(5)32(23(6)36-24(7)33-8)31-20-25(21(3)4)18-19-35(31)9/h10-15,18-21,28,30,33H,1-2,6-7,16-17H2,3-5,8-9H3/q+1/b32-22-. The molecule has 4 heteroatoms. The highest BCUT2D eigenvalue weighted by Gasteiger charge is 2.29. The molecule has 0 amide bonds. The number of fused-ring (bicyclic) bond motifs is 1. The summed E-state index contributed by atoms with van der Waals surface area (Å²) < 4.78 is 8.12. The van der Waals surface area contributed by atoms with Crippen molar-refractivity contribution in [3.8, 4) is 0 Å². The van der Waals surface area contributed by atoms with Crippen LogP contribution >= 0.6 is 0 Å². The summed E-state index contributed by atoms with van der Waals surface area (Å²) in [7, 11) is 3.85. The molecule has 0 radical (unpaired) electrons. The quantitative estimate of drug-likeness (QED) is 0.167. The number of benzene rings is 1. The van der Waals surface area contributed by atoms with Gasteiger partial charge in [-0.2, -0.15) is 0 Å². The monoisotopic (exact) mass is 482 g/mol. The maximum atomic E-state index is 5.99. The van der Waals surface area contributed by atoms with E-state index in [-0.39, 0.29) is 12.0 Å². The molecular weight excluding hydrogens is 442 g/mol. The number of nitrogens with one attached hydrogen (secondary N) is 1. The van der Waals surface area contributed by atoms with Gasteiger partial charge in [0, 0.05) is 30.7 Å². The first-order valence-corrected chi connectivity index (χ1v) is 12.6. The first-order chi connectivity index (χ1) is 17.2. The van der Waals surface area contributed by atoms with Gasteiger partial charge in [0.2, 0.25) is 5.69 Å². The highest BCUT2D eigenvalue weighted by molar-refractivity contribution is 6.10. The largest absolute Gasteiger partial charge is 0.442 e. The number of aromatic nitrogens is 1. The van der Waals surface area contributed by atoms with Crippen molar-refractivity contribution in [2.75, 3.05) is 7.05 Å². The summed E-state index contributed by atoms with van der Waals surface area (Å²) in [6, 6.07) is 12.9. The molecule has 1 aliphatic rings. The molecule has 0 spiro atoms. The molecule has 1 N–H and O–H groups in total. The van der Waals surface area contributed by atoms with E-state index >= 15 is 0 Å². The van der Waals surface area contributed by atoms with Crippen LogP contribution in [0.15, 0.2) is 103 Å². The fourth-order valence-electron chi connectivity index (χ4n) is 4.80. The third-order valence-corrected chi connectivity index (χ3v) is 6.93. The number of allylic oxidation sites excluding steroid dienone is 3. The van der Waals surface area contributed by atoms with Gasteiger partial charge < -0.3 is 10.1 Å². The van der Waals surface area contributed by atoms with Crippen molar-refractivity contribution in [2.45, 2.75) is 51.5 Å². The SMILES string of the molecule is C=CC1=NC(C=C)C(CC/C(C)=C(/C(=C)OC(=C)NC)c2cc(C(C)C)cc[n+]2C)c2ccccc21. The van der Waals surface area contributed by atoms with E-state index in [2.05, 4.69) is 107 Å². The minimum absolute atomic E-state index is 0.00745. The van der Waals surface area contributed by atoms with Crippen LogP contribution in [0.2, 0.25) is 0 Å². The van der Waals surface area contributed by atoms with E-state index in [1.165, 1.54) is 16.7 Å². The number of aryl methyl sites for hydroxylation is 1. The van der Waals surface area contributed by atoms with Gasteiger partial charge in [0.25, 0.3) is 0 Å². The zero-order valence-corrected chi connectivity index (χ0v) is 22.5. The molecule has 1 aromatic carbocycles. The lowest BCUT2D eigenvalue weighted by Crippen LogP contribution is -2.33. The van der Waals surface area contributed by atoms with Crippen molar-refractivity contribution in [1.29, 1.82) is 0 Å². The van der Waals surface area contributed by atoms with E-state index in [9.17, 15) is 0 Å². The molecule has 36 heavy (non-hydrogen) atoms. The van der Waals surface area contributed by atoms with Gasteiger partial charge in [0.05, 0.1) is 17.3 Å². The van der Waals surface area contributed by atoms with Gasteiger partial charge >= 0.3 is 0 Å². The second-order valence-electron chi connectivity index (χ2n) is 9.64. The Morgan fingerprint density at radius 2 is 1.92 bits per heavy atom. The first kappa shape index (κ1) is 26.9. The molecule has 2 heterocycles. The van der Waals surface area contributed by atoms with Gasteiger partial charge in [-0.25, -0.2) is 4.57 Å². The predicted molar refractivity (Wildman–Crippen MR) is 152 cm³/mol. The molecule has 0 bridgehead atoms. The van der Waals surface area contributed by atoms with Crippen LogP contribution in [-0.4, -0.2) is 18.8 Å². The van der Waals surface area contributed by atoms with Crippen molar-refractivity contribution in [1.82, 2.24) is 5.32 Å². The first-order valence-electron chi connectivity index (χ1n) is 12.6. The summed E-state index contributed by atoms with van der Waals surface area (Å²) in [5.41, 5.74) is 7.95. The van der Waals surface area contributed by atoms with Gasteiger partial charge in [0.15, 0.2) is 12.1 Å². The Hall–Kier alpha value is -3.66. The number of hydrogen-bond acceptors (Lipinski definition) is 3. The lowest BCUT2D eigenvalue weighted by molar-refractivity contribution is -0.673. The number of pyridine rings is 1. The molecule has 0 fully saturated rings. The van der Waals surface area contributed by atoms with Crippen LogP contribution in [0.3, 0.4) is 0 Å². The normalized spacial score (nSPS) is 17.4. The van der Waals surface area contributed by atoms with Crippen molar-refractivity contribution in [2.24, 2.45) is 12.0 Å². The summed E-state index contributed by atoms with van der Waals surface area (Å²) in [5, 5.41) is 2.96. The molecule has 0 aliphatic carbocycles. The third kappa shape index (κ3) is 5.76. The van der Waals surface area contributed by atoms with Crippen molar-refractivity contribution < 1.29 is 9.30 Å². The number of hydrogen-bond donors (Lipinski definition) is 1. The lowest BCUT2D eigenvalue weighted by atomic mass is 9.80. The lowest BCUT2D eigenvalue weighted by Gasteiger charge is -2.30. The molecule has 188 valence electrons. The number of rotatable bonds is 11. The highest BCUT2D eigenvalue weighted by Crippen LogP contribution is 2.37. The molecule has 0 saturated heterocycles. The van der Waals surface area contributed by atoms with Crippen molar-refractivity contribution in [3.63, 3.8) is 0 Å². The minimum Gasteiger partial charge on any atom is -0.442 e. The van der Waals surface area contributed by atoms with E-state index in [0.29, 0.717) is 17.6 Å². The Labute approximate surface area is 217 Å². The van der Waals surface area contributed by atoms with E-state index in [0.717, 1.165) is 35.4 Å². The average molecular weight is 483 g/mol. The van der Waals surface area contributed by atoms with Gasteiger partial charge in [-0.05, 0) is 49.5 Å². The van der Waals surface area contributed by atoms with E-state index in [1.807, 2.05) is 12.2 Å². The second-order valence-corrected chi connectivity index (χ2v) is 9.64. The minimum atomic E-state index is 0.00745. The Kier molecular flexibility index (Phi) is 8.87. The molecule has 1 aliphatic heterocycles. The summed E-state index contributed by atoms with van der Waals surface area (Å²) in [6.45, 7) is 22.9. The van der Waals surface area contributed by atoms with E-state index < -0.39 is 0 Å². The molecule has 3 rings (SSSR count). The fraction of sp³-hybridized carbons (Fsp3) is 0.312. The molecule has 4 nitrogen and oxygen atoms in total. The van der Waals surface area contributed by atoms with Crippen molar-refractivity contribution >= 4 is 11.3 Å². The molecule has 0 saturated carbocycles. The maximum Gasteiger partial charge on any atom is 0.216 e. The molecule has 2 unspecified atom stereocenters. The van der Waals surface area contributed by atoms with Crippen molar-refractivity contribution in [3.05, 3.63) is 121 Å². The fourth-order valence-corrected chi connectivity index (χ4v) is 4.80. The molecule has 2 aromatic rings. The highest BCUT2D eigenvalue weighted by atomic mass is 16.5. The molecule has 1 aromatic heterocycles. The summed E-state index contributed by atoms with van der Waals surface area (Å²) in [4.78, 5) is 4.95. The Morgan fingerprint density at radius 3 is 2.56 bits per heavy atom. The average Bonchev–Trinajstić information content (AvgIpc) is 2.87. The van der Waals surface area contributed by atoms with Crippen LogP contribution in [0, 0.1) is 0 Å². The summed E-state index contributed by atoms with van der Waals surface area (Å²) >= 11 is 0. The van der Waals surface area contributed by atoms with Crippen LogP contribution < -0.4 is 9.88 Å². The van der Waals surface area contributed by atoms with Crippen LogP contribution in [0.1, 0.15) is 67.8 Å². The molecular formula is C32H40N3O+. The van der Waals surface area contributed by atoms with Gasteiger partial charge in [0.1, 0.15) is 12.8 Å². The van der Waals surface area contributed by atoms with Crippen LogP contribution in [-0.2, 0) is 11.8 Å². The Balaban J connectivity index is 2.03. The Bertz CT molecular complexity index is 1230. The van der Waals surface area contributed by atoms with Crippen LogP contribution in [0.4, 0.5) is 0 Å². The zero-order chi connectivity index (χ0) is 26.4. The van der Waals surface area contributed by atoms with E-state index in [4.69, 9.17) is 9.73 Å². The van der Waals surface area contributed by atoms with Crippen LogP contribution in [0.5, 0.6) is 0 Å². The topological polar surface area (TPSA) is 37.5 Å². The third-order valence-electron chi connectivity index (χ3n) is 6.93. The van der Waals surface area contributed by atoms with Gasteiger partial charge in [-0.3, -0.25) is 4.99 Å². The number of nitrogens with zero attached hydrogens (tertiary/aromatic N) is 2. The second kappa shape index (κ2) is 11.9. The zero-order valence-electron chi connectivity index (χ0n) is 22.5. The van der Waals surface area contributed by atoms with Gasteiger partial charge in [-0.1, -0.05) is 62.9 Å². The van der Waals surface area contributed by atoms with E-state index in [1.54, 1.807) is 7.05 Å². The number of aliphatic imine (C=N–C) groups is 1.